The number of aryl methyl sites for hydroxylation is 1. The molecule has 0 unspecified atom stereocenters. The molecule has 0 aromatic carbocycles. The van der Waals surface area contributed by atoms with Crippen LogP contribution in [0.5, 0.6) is 0 Å². The zero-order valence-electron chi connectivity index (χ0n) is 10.7. The minimum atomic E-state index is -0.184. The van der Waals surface area contributed by atoms with Crippen LogP contribution in [-0.4, -0.2) is 24.3 Å². The lowest BCUT2D eigenvalue weighted by Crippen LogP contribution is -2.21. The predicted molar refractivity (Wildman–Crippen MR) is 70.8 cm³/mol. The number of nitrogens with zero attached hydrogens (tertiary/aromatic N) is 6. The van der Waals surface area contributed by atoms with Gasteiger partial charge in [-0.3, -0.25) is 14.0 Å². The van der Waals surface area contributed by atoms with E-state index in [-0.39, 0.29) is 12.1 Å². The second kappa shape index (κ2) is 4.59. The first-order chi connectivity index (χ1) is 9.70. The van der Waals surface area contributed by atoms with E-state index in [2.05, 4.69) is 15.1 Å². The quantitative estimate of drug-likeness (QED) is 0.671. The molecule has 3 aromatic heterocycles. The van der Waals surface area contributed by atoms with Gasteiger partial charge in [-0.25, -0.2) is 9.97 Å². The summed E-state index contributed by atoms with van der Waals surface area (Å²) in [6, 6.07) is 5.52. The van der Waals surface area contributed by atoms with E-state index in [1.807, 2.05) is 6.07 Å². The van der Waals surface area contributed by atoms with Gasteiger partial charge in [-0.05, 0) is 6.07 Å². The predicted octanol–water partition coefficient (Wildman–Crippen LogP) is 0.445. The summed E-state index contributed by atoms with van der Waals surface area (Å²) in [5.41, 5.74) is 1.35. The number of fused-ring (bicyclic) bond motifs is 1. The molecule has 0 aliphatic rings. The minimum Gasteiger partial charge on any atom is -0.294 e. The molecule has 0 radical (unpaired) electrons. The summed E-state index contributed by atoms with van der Waals surface area (Å²) >= 11 is 0. The lowest BCUT2D eigenvalue weighted by molar-refractivity contribution is 0.733. The van der Waals surface area contributed by atoms with Crippen LogP contribution < -0.4 is 5.56 Å². The molecule has 0 aliphatic heterocycles. The van der Waals surface area contributed by atoms with Gasteiger partial charge in [0, 0.05) is 18.8 Å². The SMILES string of the molecule is Cn1ncc2c(=O)n(Cc3cccnc3C#N)cnc21. The summed E-state index contributed by atoms with van der Waals surface area (Å²) < 4.78 is 2.99. The molecule has 0 saturated carbocycles. The van der Waals surface area contributed by atoms with Gasteiger partial charge in [-0.2, -0.15) is 10.4 Å². The standard InChI is InChI=1S/C13H10N6O/c1-18-12-10(6-17-18)13(20)19(8-16-12)7-9-3-2-4-15-11(9)5-14/h2-4,6,8H,7H2,1H3. The monoisotopic (exact) mass is 266 g/mol. The largest absolute Gasteiger partial charge is 0.294 e. The summed E-state index contributed by atoms with van der Waals surface area (Å²) in [4.78, 5) is 20.5. The van der Waals surface area contributed by atoms with Crippen molar-refractivity contribution in [2.75, 3.05) is 0 Å². The Kier molecular flexibility index (Phi) is 2.76. The lowest BCUT2D eigenvalue weighted by atomic mass is 10.2. The maximum absolute atomic E-state index is 12.3. The zero-order chi connectivity index (χ0) is 14.1. The highest BCUT2D eigenvalue weighted by molar-refractivity contribution is 5.72. The van der Waals surface area contributed by atoms with Crippen LogP contribution in [0.2, 0.25) is 0 Å². The highest BCUT2D eigenvalue weighted by atomic mass is 16.1. The first-order valence-corrected chi connectivity index (χ1v) is 5.92. The number of hydrogen-bond acceptors (Lipinski definition) is 5. The first-order valence-electron chi connectivity index (χ1n) is 5.92. The maximum Gasteiger partial charge on any atom is 0.264 e. The highest BCUT2D eigenvalue weighted by Gasteiger charge is 2.10. The van der Waals surface area contributed by atoms with Crippen LogP contribution in [0.1, 0.15) is 11.3 Å². The number of hydrogen-bond donors (Lipinski definition) is 0. The minimum absolute atomic E-state index is 0.184. The molecule has 0 fully saturated rings. The topological polar surface area (TPSA) is 89.4 Å². The van der Waals surface area contributed by atoms with Gasteiger partial charge < -0.3 is 0 Å². The second-order valence-electron chi connectivity index (χ2n) is 4.31. The molecule has 0 bridgehead atoms. The highest BCUT2D eigenvalue weighted by Crippen LogP contribution is 2.07. The van der Waals surface area contributed by atoms with Crippen molar-refractivity contribution in [1.82, 2.24) is 24.3 Å². The van der Waals surface area contributed by atoms with Crippen molar-refractivity contribution in [2.45, 2.75) is 6.54 Å². The van der Waals surface area contributed by atoms with E-state index in [1.165, 1.54) is 17.1 Å². The van der Waals surface area contributed by atoms with E-state index < -0.39 is 0 Å². The summed E-state index contributed by atoms with van der Waals surface area (Å²) in [6.07, 6.45) is 4.50. The lowest BCUT2D eigenvalue weighted by Gasteiger charge is -2.06. The van der Waals surface area contributed by atoms with Crippen molar-refractivity contribution in [3.05, 3.63) is 52.5 Å². The fourth-order valence-electron chi connectivity index (χ4n) is 2.03. The van der Waals surface area contributed by atoms with Gasteiger partial charge in [-0.15, -0.1) is 0 Å². The van der Waals surface area contributed by atoms with E-state index in [0.29, 0.717) is 22.3 Å². The molecule has 0 atom stereocenters. The fourth-order valence-corrected chi connectivity index (χ4v) is 2.03. The Morgan fingerprint density at radius 3 is 3.05 bits per heavy atom. The van der Waals surface area contributed by atoms with Crippen molar-refractivity contribution in [2.24, 2.45) is 7.05 Å². The first kappa shape index (κ1) is 12.0. The molecule has 20 heavy (non-hydrogen) atoms. The van der Waals surface area contributed by atoms with Crippen LogP contribution in [-0.2, 0) is 13.6 Å². The van der Waals surface area contributed by atoms with Crippen LogP contribution in [0.25, 0.3) is 11.0 Å². The molecule has 0 N–H and O–H groups in total. The van der Waals surface area contributed by atoms with Crippen LogP contribution in [0.3, 0.4) is 0 Å². The van der Waals surface area contributed by atoms with Gasteiger partial charge in [0.15, 0.2) is 5.65 Å². The molecule has 3 heterocycles. The Labute approximate surface area is 113 Å². The molecule has 0 saturated heterocycles. The van der Waals surface area contributed by atoms with Gasteiger partial charge >= 0.3 is 0 Å². The Bertz CT molecular complexity index is 886. The van der Waals surface area contributed by atoms with E-state index in [1.54, 1.807) is 30.1 Å². The molecule has 0 amide bonds. The average Bonchev–Trinajstić information content (AvgIpc) is 2.85. The smallest absolute Gasteiger partial charge is 0.264 e. The molecule has 0 aliphatic carbocycles. The van der Waals surface area contributed by atoms with Crippen molar-refractivity contribution in [1.29, 1.82) is 5.26 Å². The fraction of sp³-hybridized carbons (Fsp3) is 0.154. The molecular weight excluding hydrogens is 256 g/mol. The maximum atomic E-state index is 12.3. The normalized spacial score (nSPS) is 10.6. The zero-order valence-corrected chi connectivity index (χ0v) is 10.7. The average molecular weight is 266 g/mol. The van der Waals surface area contributed by atoms with Crippen LogP contribution in [0.15, 0.2) is 35.6 Å². The summed E-state index contributed by atoms with van der Waals surface area (Å²) in [5, 5.41) is 13.5. The Morgan fingerprint density at radius 1 is 1.40 bits per heavy atom. The van der Waals surface area contributed by atoms with E-state index in [4.69, 9.17) is 5.26 Å². The third kappa shape index (κ3) is 1.83. The number of aromatic nitrogens is 5. The molecular formula is C13H10N6O. The third-order valence-electron chi connectivity index (χ3n) is 3.06. The molecule has 0 spiro atoms. The van der Waals surface area contributed by atoms with Crippen molar-refractivity contribution < 1.29 is 0 Å². The summed E-state index contributed by atoms with van der Waals surface area (Å²) in [5.74, 6) is 0. The second-order valence-corrected chi connectivity index (χ2v) is 4.31. The molecule has 3 rings (SSSR count). The number of nitriles is 1. The van der Waals surface area contributed by atoms with Crippen molar-refractivity contribution >= 4 is 11.0 Å². The van der Waals surface area contributed by atoms with Gasteiger partial charge in [-0.1, -0.05) is 6.07 Å². The van der Waals surface area contributed by atoms with E-state index >= 15 is 0 Å². The van der Waals surface area contributed by atoms with Crippen LogP contribution in [0, 0.1) is 11.3 Å². The Balaban J connectivity index is 2.10. The number of pyridine rings is 1. The van der Waals surface area contributed by atoms with Crippen LogP contribution in [0.4, 0.5) is 0 Å². The molecule has 98 valence electrons. The van der Waals surface area contributed by atoms with Crippen molar-refractivity contribution in [3.8, 4) is 6.07 Å². The number of rotatable bonds is 2. The molecule has 7 nitrogen and oxygen atoms in total. The van der Waals surface area contributed by atoms with Crippen molar-refractivity contribution in [3.63, 3.8) is 0 Å². The summed E-state index contributed by atoms with van der Waals surface area (Å²) in [7, 11) is 1.73. The van der Waals surface area contributed by atoms with E-state index in [9.17, 15) is 4.79 Å². The van der Waals surface area contributed by atoms with Gasteiger partial charge in [0.05, 0.1) is 12.7 Å². The third-order valence-corrected chi connectivity index (χ3v) is 3.06. The molecule has 3 aromatic rings. The van der Waals surface area contributed by atoms with E-state index in [0.717, 1.165) is 0 Å². The Morgan fingerprint density at radius 2 is 2.25 bits per heavy atom. The van der Waals surface area contributed by atoms with Gasteiger partial charge in [0.2, 0.25) is 0 Å². The van der Waals surface area contributed by atoms with Crippen LogP contribution >= 0.6 is 0 Å². The summed E-state index contributed by atoms with van der Waals surface area (Å²) in [6.45, 7) is 0.257. The van der Waals surface area contributed by atoms with Gasteiger partial charge in [0.1, 0.15) is 23.5 Å². The van der Waals surface area contributed by atoms with Gasteiger partial charge in [0.25, 0.3) is 5.56 Å². The Hall–Kier alpha value is -3.01. The molecule has 7 heteroatoms.